The zero-order valence-corrected chi connectivity index (χ0v) is 19.6. The fourth-order valence-corrected chi connectivity index (χ4v) is 3.87. The van der Waals surface area contributed by atoms with E-state index in [2.05, 4.69) is 10.1 Å². The monoisotopic (exact) mass is 451 g/mol. The van der Waals surface area contributed by atoms with Gasteiger partial charge < -0.3 is 14.4 Å². The number of amides is 2. The summed E-state index contributed by atoms with van der Waals surface area (Å²) >= 11 is 6.36. The number of hydrogen-bond donors (Lipinski definition) is 0. The molecule has 170 valence electrons. The fraction of sp³-hybridized carbons (Fsp3) is 0.619. The highest BCUT2D eigenvalue weighted by atomic mass is 35.5. The summed E-state index contributed by atoms with van der Waals surface area (Å²) in [5, 5.41) is 4.76. The standard InChI is InChI=1S/C21H30ClN5O4/c1-13(2)15-12-23-27-17(11-16(22)24-18(15)27)26(20(29)31-21(3,4)5)14-7-9-25(10-8-14)19(28)30-6/h11-14H,7-10H2,1-6H3. The minimum atomic E-state index is -0.675. The molecule has 1 aliphatic heterocycles. The molecule has 2 aromatic rings. The van der Waals surface area contributed by atoms with E-state index >= 15 is 0 Å². The lowest BCUT2D eigenvalue weighted by molar-refractivity contribution is 0.0545. The third-order valence-corrected chi connectivity index (χ3v) is 5.36. The van der Waals surface area contributed by atoms with E-state index in [-0.39, 0.29) is 23.2 Å². The normalized spacial score (nSPS) is 15.4. The third kappa shape index (κ3) is 5.03. The van der Waals surface area contributed by atoms with Gasteiger partial charge in [-0.2, -0.15) is 9.61 Å². The van der Waals surface area contributed by atoms with E-state index in [1.807, 2.05) is 34.6 Å². The Hall–Kier alpha value is -2.55. The number of aromatic nitrogens is 3. The second-order valence-corrected chi connectivity index (χ2v) is 9.35. The van der Waals surface area contributed by atoms with Gasteiger partial charge in [-0.05, 0) is 39.5 Å². The van der Waals surface area contributed by atoms with Crippen LogP contribution >= 0.6 is 11.6 Å². The summed E-state index contributed by atoms with van der Waals surface area (Å²) in [7, 11) is 1.36. The predicted molar refractivity (Wildman–Crippen MR) is 118 cm³/mol. The summed E-state index contributed by atoms with van der Waals surface area (Å²) in [6.07, 6.45) is 2.02. The summed E-state index contributed by atoms with van der Waals surface area (Å²) in [5.74, 6) is 0.683. The van der Waals surface area contributed by atoms with Crippen LogP contribution in [0, 0.1) is 0 Å². The van der Waals surface area contributed by atoms with Crippen LogP contribution in [0.2, 0.25) is 5.15 Å². The van der Waals surface area contributed by atoms with Crippen LogP contribution in [0.1, 0.15) is 58.9 Å². The number of carbonyl (C=O) groups is 2. The van der Waals surface area contributed by atoms with Crippen LogP contribution in [0.5, 0.6) is 0 Å². The number of carbonyl (C=O) groups excluding carboxylic acids is 2. The summed E-state index contributed by atoms with van der Waals surface area (Å²) in [4.78, 5) is 32.9. The highest BCUT2D eigenvalue weighted by Gasteiger charge is 2.35. The Bertz CT molecular complexity index is 961. The highest BCUT2D eigenvalue weighted by molar-refractivity contribution is 6.29. The average Bonchev–Trinajstić information content (AvgIpc) is 3.10. The van der Waals surface area contributed by atoms with E-state index in [0.29, 0.717) is 37.4 Å². The Morgan fingerprint density at radius 2 is 1.90 bits per heavy atom. The van der Waals surface area contributed by atoms with Gasteiger partial charge >= 0.3 is 12.2 Å². The first-order valence-electron chi connectivity index (χ1n) is 10.4. The maximum atomic E-state index is 13.3. The van der Waals surface area contributed by atoms with Crippen molar-refractivity contribution < 1.29 is 19.1 Å². The van der Waals surface area contributed by atoms with Gasteiger partial charge in [0.25, 0.3) is 0 Å². The van der Waals surface area contributed by atoms with Crippen LogP contribution in [-0.4, -0.2) is 63.5 Å². The van der Waals surface area contributed by atoms with Crippen LogP contribution in [0.25, 0.3) is 5.65 Å². The number of anilines is 1. The Balaban J connectivity index is 2.04. The minimum absolute atomic E-state index is 0.189. The summed E-state index contributed by atoms with van der Waals surface area (Å²) < 4.78 is 12.2. The zero-order chi connectivity index (χ0) is 22.9. The number of halogens is 1. The van der Waals surface area contributed by atoms with Crippen LogP contribution < -0.4 is 4.90 Å². The third-order valence-electron chi connectivity index (χ3n) is 5.17. The Morgan fingerprint density at radius 3 is 2.45 bits per heavy atom. The molecular weight excluding hydrogens is 422 g/mol. The van der Waals surface area contributed by atoms with Crippen molar-refractivity contribution in [2.24, 2.45) is 0 Å². The average molecular weight is 452 g/mol. The van der Waals surface area contributed by atoms with Crippen molar-refractivity contribution in [2.75, 3.05) is 25.1 Å². The van der Waals surface area contributed by atoms with E-state index in [4.69, 9.17) is 21.1 Å². The molecule has 0 aliphatic carbocycles. The molecule has 31 heavy (non-hydrogen) atoms. The van der Waals surface area contributed by atoms with Gasteiger partial charge in [-0.3, -0.25) is 4.90 Å². The van der Waals surface area contributed by atoms with Crippen LogP contribution in [0.15, 0.2) is 12.3 Å². The van der Waals surface area contributed by atoms with Gasteiger partial charge in [0, 0.05) is 30.8 Å². The first-order valence-corrected chi connectivity index (χ1v) is 10.8. The Kier molecular flexibility index (Phi) is 6.64. The van der Waals surface area contributed by atoms with E-state index in [1.54, 1.807) is 26.6 Å². The molecule has 0 bridgehead atoms. The molecule has 2 amide bonds. The summed E-state index contributed by atoms with van der Waals surface area (Å²) in [6, 6.07) is 1.42. The molecule has 1 fully saturated rings. The number of hydrogen-bond acceptors (Lipinski definition) is 6. The molecule has 0 atom stereocenters. The first-order chi connectivity index (χ1) is 14.5. The number of fused-ring (bicyclic) bond motifs is 1. The van der Waals surface area contributed by atoms with Crippen LogP contribution in [0.3, 0.4) is 0 Å². The number of nitrogens with zero attached hydrogens (tertiary/aromatic N) is 5. The molecule has 3 heterocycles. The van der Waals surface area contributed by atoms with E-state index in [1.165, 1.54) is 7.11 Å². The fourth-order valence-electron chi connectivity index (χ4n) is 3.69. The number of methoxy groups -OCH3 is 1. The lowest BCUT2D eigenvalue weighted by Gasteiger charge is -2.38. The van der Waals surface area contributed by atoms with Crippen molar-refractivity contribution >= 4 is 35.3 Å². The molecule has 0 N–H and O–H groups in total. The molecule has 1 saturated heterocycles. The molecule has 0 aromatic carbocycles. The van der Waals surface area contributed by atoms with Crippen molar-refractivity contribution in [1.29, 1.82) is 0 Å². The molecule has 2 aromatic heterocycles. The van der Waals surface area contributed by atoms with E-state index < -0.39 is 11.7 Å². The van der Waals surface area contributed by atoms with Crippen molar-refractivity contribution in [3.8, 4) is 0 Å². The van der Waals surface area contributed by atoms with Crippen molar-refractivity contribution in [3.63, 3.8) is 0 Å². The van der Waals surface area contributed by atoms with Crippen molar-refractivity contribution in [1.82, 2.24) is 19.5 Å². The van der Waals surface area contributed by atoms with Crippen LogP contribution in [0.4, 0.5) is 15.4 Å². The molecule has 9 nitrogen and oxygen atoms in total. The second kappa shape index (κ2) is 8.90. The quantitative estimate of drug-likeness (QED) is 0.639. The minimum Gasteiger partial charge on any atom is -0.453 e. The Morgan fingerprint density at radius 1 is 1.26 bits per heavy atom. The SMILES string of the molecule is COC(=O)N1CCC(N(C(=O)OC(C)(C)C)c2cc(Cl)nc3c(C(C)C)cnn23)CC1. The molecule has 0 unspecified atom stereocenters. The number of ether oxygens (including phenoxy) is 2. The van der Waals surface area contributed by atoms with Crippen molar-refractivity contribution in [3.05, 3.63) is 23.0 Å². The van der Waals surface area contributed by atoms with E-state index in [9.17, 15) is 9.59 Å². The summed E-state index contributed by atoms with van der Waals surface area (Å²) in [5.41, 5.74) is 0.872. The lowest BCUT2D eigenvalue weighted by atomic mass is 10.0. The second-order valence-electron chi connectivity index (χ2n) is 8.97. The highest BCUT2D eigenvalue weighted by Crippen LogP contribution is 2.30. The molecule has 3 rings (SSSR count). The predicted octanol–water partition coefficient (Wildman–Crippen LogP) is 4.48. The van der Waals surface area contributed by atoms with Gasteiger partial charge in [-0.1, -0.05) is 25.4 Å². The maximum Gasteiger partial charge on any atom is 0.416 e. The first kappa shape index (κ1) is 23.1. The molecule has 0 spiro atoms. The topological polar surface area (TPSA) is 89.3 Å². The lowest BCUT2D eigenvalue weighted by Crippen LogP contribution is -2.50. The van der Waals surface area contributed by atoms with Gasteiger partial charge in [0.05, 0.1) is 13.3 Å². The van der Waals surface area contributed by atoms with Gasteiger partial charge in [-0.15, -0.1) is 0 Å². The smallest absolute Gasteiger partial charge is 0.416 e. The van der Waals surface area contributed by atoms with E-state index in [0.717, 1.165) is 5.56 Å². The maximum absolute atomic E-state index is 13.3. The molecular formula is C21H30ClN5O4. The Labute approximate surface area is 187 Å². The zero-order valence-electron chi connectivity index (χ0n) is 18.9. The molecule has 0 radical (unpaired) electrons. The molecule has 0 saturated carbocycles. The molecule has 10 heteroatoms. The number of rotatable bonds is 3. The van der Waals surface area contributed by atoms with Gasteiger partial charge in [0.1, 0.15) is 16.6 Å². The largest absolute Gasteiger partial charge is 0.453 e. The summed E-state index contributed by atoms with van der Waals surface area (Å²) in [6.45, 7) is 10.5. The van der Waals surface area contributed by atoms with Gasteiger partial charge in [-0.25, -0.2) is 14.6 Å². The van der Waals surface area contributed by atoms with Crippen molar-refractivity contribution in [2.45, 2.75) is 65.0 Å². The van der Waals surface area contributed by atoms with Gasteiger partial charge in [0.2, 0.25) is 0 Å². The molecule has 1 aliphatic rings. The van der Waals surface area contributed by atoms with Crippen LogP contribution in [-0.2, 0) is 9.47 Å². The van der Waals surface area contributed by atoms with Gasteiger partial charge in [0.15, 0.2) is 5.65 Å². The number of piperidine rings is 1. The number of likely N-dealkylation sites (tertiary alicyclic amines) is 1.